The van der Waals surface area contributed by atoms with Crippen molar-refractivity contribution in [1.29, 1.82) is 0 Å². The Morgan fingerprint density at radius 2 is 1.94 bits per heavy atom. The van der Waals surface area contributed by atoms with Crippen molar-refractivity contribution in [1.82, 2.24) is 24.1 Å². The topological polar surface area (TPSA) is 105 Å². The number of quaternary nitrogens is 1. The van der Waals surface area contributed by atoms with Crippen LogP contribution < -0.4 is 10.2 Å². The molecule has 0 saturated carbocycles. The summed E-state index contributed by atoms with van der Waals surface area (Å²) < 4.78 is 2.14. The summed E-state index contributed by atoms with van der Waals surface area (Å²) in [7, 11) is 1.93. The minimum atomic E-state index is -0.938. The van der Waals surface area contributed by atoms with Crippen molar-refractivity contribution in [3.63, 3.8) is 0 Å². The highest BCUT2D eigenvalue weighted by Crippen LogP contribution is 2.45. The second-order valence-corrected chi connectivity index (χ2v) is 10.2. The number of likely N-dealkylation sites (tertiary alicyclic amines) is 1. The predicted molar refractivity (Wildman–Crippen MR) is 137 cm³/mol. The van der Waals surface area contributed by atoms with Gasteiger partial charge in [0.25, 0.3) is 0 Å². The summed E-state index contributed by atoms with van der Waals surface area (Å²) in [5.41, 5.74) is 9.76. The zero-order chi connectivity index (χ0) is 25.3. The maximum Gasteiger partial charge on any atom is 0.407 e. The van der Waals surface area contributed by atoms with Crippen LogP contribution in [0.5, 0.6) is 0 Å². The molecule has 190 valence electrons. The molecule has 35 heavy (non-hydrogen) atoms. The Morgan fingerprint density at radius 3 is 2.57 bits per heavy atom. The number of benzene rings is 1. The molecule has 9 nitrogen and oxygen atoms in total. The zero-order valence-corrected chi connectivity index (χ0v) is 21.4. The Balaban J connectivity index is 1.62. The first-order chi connectivity index (χ1) is 16.6. The molecule has 0 radical (unpaired) electrons. The number of carbonyl (C=O) groups is 2. The summed E-state index contributed by atoms with van der Waals surface area (Å²) in [6.45, 7) is 9.70. The zero-order valence-electron chi connectivity index (χ0n) is 21.4. The number of hydrogen-bond donors (Lipinski definition) is 2. The highest BCUT2D eigenvalue weighted by atomic mass is 16.4. The van der Waals surface area contributed by atoms with E-state index in [1.807, 2.05) is 50.1 Å². The summed E-state index contributed by atoms with van der Waals surface area (Å²) in [5.74, 6) is 0.0508. The average Bonchev–Trinajstić information content (AvgIpc) is 3.30. The highest BCUT2D eigenvalue weighted by molar-refractivity contribution is 5.89. The lowest BCUT2D eigenvalue weighted by Gasteiger charge is -2.45. The number of carbonyl (C=O) groups excluding carboxylic acids is 1. The number of piperidine rings is 1. The fourth-order valence-electron chi connectivity index (χ4n) is 5.64. The van der Waals surface area contributed by atoms with Gasteiger partial charge in [-0.3, -0.25) is 4.68 Å². The van der Waals surface area contributed by atoms with Crippen LogP contribution >= 0.6 is 0 Å². The van der Waals surface area contributed by atoms with Crippen molar-refractivity contribution in [3.8, 4) is 11.1 Å². The number of nitrogens with zero attached hydrogens (tertiary/aromatic N) is 5. The maximum absolute atomic E-state index is 12.8. The number of nitrogens with two attached hydrogens (primary N) is 1. The molecule has 2 aliphatic heterocycles. The Morgan fingerprint density at radius 1 is 1.23 bits per heavy atom. The van der Waals surface area contributed by atoms with Gasteiger partial charge in [0.1, 0.15) is 5.69 Å². The number of rotatable bonds is 6. The molecule has 0 aliphatic carbocycles. The van der Waals surface area contributed by atoms with Gasteiger partial charge in [-0.1, -0.05) is 0 Å². The largest absolute Gasteiger partial charge is 0.465 e. The van der Waals surface area contributed by atoms with Gasteiger partial charge in [-0.2, -0.15) is 5.10 Å². The van der Waals surface area contributed by atoms with Gasteiger partial charge in [0.2, 0.25) is 0 Å². The van der Waals surface area contributed by atoms with Crippen LogP contribution in [0.3, 0.4) is 0 Å². The second kappa shape index (κ2) is 10.1. The van der Waals surface area contributed by atoms with Gasteiger partial charge in [0.05, 0.1) is 38.8 Å². The molecule has 0 bridgehead atoms. The maximum atomic E-state index is 12.8. The van der Waals surface area contributed by atoms with Crippen molar-refractivity contribution in [3.05, 3.63) is 36.2 Å². The van der Waals surface area contributed by atoms with Crippen molar-refractivity contribution in [2.75, 3.05) is 33.2 Å². The Labute approximate surface area is 207 Å². The lowest BCUT2D eigenvalue weighted by Crippen LogP contribution is -2.60. The predicted octanol–water partition coefficient (Wildman–Crippen LogP) is 3.29. The third-order valence-corrected chi connectivity index (χ3v) is 8.19. The summed E-state index contributed by atoms with van der Waals surface area (Å²) in [6.07, 6.45) is 5.65. The normalized spacial score (nSPS) is 25.3. The molecule has 1 unspecified atom stereocenters. The Hall–Kier alpha value is -2.75. The molecule has 3 atom stereocenters. The summed E-state index contributed by atoms with van der Waals surface area (Å²) in [6, 6.07) is 6.08. The highest BCUT2D eigenvalue weighted by Gasteiger charge is 2.47. The fourth-order valence-corrected chi connectivity index (χ4v) is 5.64. The molecule has 0 spiro atoms. The third kappa shape index (κ3) is 4.85. The minimum absolute atomic E-state index is 0.0312. The number of carboxylic acid groups (broad SMARTS) is 1. The lowest BCUT2D eigenvalue weighted by atomic mass is 9.86. The van der Waals surface area contributed by atoms with Crippen LogP contribution in [0.4, 0.5) is 10.5 Å². The Bertz CT molecular complexity index is 1080. The summed E-state index contributed by atoms with van der Waals surface area (Å²) in [4.78, 5) is 28.7. The monoisotopic (exact) mass is 483 g/mol. The first-order valence-corrected chi connectivity index (χ1v) is 12.7. The number of aromatic nitrogens is 2. The molecule has 1 aromatic carbocycles. The van der Waals surface area contributed by atoms with E-state index in [1.54, 1.807) is 6.92 Å². The van der Waals surface area contributed by atoms with E-state index in [0.29, 0.717) is 19.0 Å². The van der Waals surface area contributed by atoms with Gasteiger partial charge in [-0.25, -0.2) is 14.1 Å². The average molecular weight is 484 g/mol. The smallest absolute Gasteiger partial charge is 0.407 e. The quantitative estimate of drug-likeness (QED) is 0.611. The van der Waals surface area contributed by atoms with E-state index >= 15 is 0 Å². The molecule has 9 heteroatoms. The molecule has 1 aromatic heterocycles. The van der Waals surface area contributed by atoms with Crippen LogP contribution in [0.25, 0.3) is 11.1 Å². The SMILES string of the molecule is CCN(C(=O)O)C1C[C@H](C)[N@+](C)(C(C)=O)c2ccc(-c3cnn(CCN4CCC(N)CC4)c3)cc21. The first kappa shape index (κ1) is 25.3. The van der Waals surface area contributed by atoms with E-state index in [2.05, 4.69) is 16.1 Å². The van der Waals surface area contributed by atoms with Crippen LogP contribution in [0, 0.1) is 0 Å². The van der Waals surface area contributed by atoms with Gasteiger partial charge in [-0.15, -0.1) is 0 Å². The van der Waals surface area contributed by atoms with Gasteiger partial charge in [-0.05, 0) is 57.5 Å². The van der Waals surface area contributed by atoms with Crippen molar-refractivity contribution in [2.45, 2.75) is 64.7 Å². The summed E-state index contributed by atoms with van der Waals surface area (Å²) in [5, 5.41) is 14.5. The molecule has 2 amide bonds. The molecule has 1 fully saturated rings. The molecule has 1 saturated heterocycles. The first-order valence-electron chi connectivity index (χ1n) is 12.7. The summed E-state index contributed by atoms with van der Waals surface area (Å²) >= 11 is 0. The van der Waals surface area contributed by atoms with Crippen molar-refractivity contribution >= 4 is 17.7 Å². The van der Waals surface area contributed by atoms with Gasteiger partial charge in [0, 0.05) is 48.9 Å². The number of hydrogen-bond acceptors (Lipinski definition) is 5. The fraction of sp³-hybridized carbons (Fsp3) is 0.577. The molecular weight excluding hydrogens is 444 g/mol. The van der Waals surface area contributed by atoms with E-state index < -0.39 is 6.09 Å². The molecule has 2 aromatic rings. The number of amides is 2. The molecular formula is C26H39N6O3+. The van der Waals surface area contributed by atoms with Crippen LogP contribution in [-0.4, -0.2) is 82.0 Å². The second-order valence-electron chi connectivity index (χ2n) is 10.2. The third-order valence-electron chi connectivity index (χ3n) is 8.19. The van der Waals surface area contributed by atoms with Gasteiger partial charge < -0.3 is 20.6 Å². The van der Waals surface area contributed by atoms with Crippen molar-refractivity contribution < 1.29 is 14.7 Å². The van der Waals surface area contributed by atoms with E-state index in [9.17, 15) is 14.7 Å². The van der Waals surface area contributed by atoms with Crippen LogP contribution in [0.2, 0.25) is 0 Å². The van der Waals surface area contributed by atoms with E-state index in [1.165, 1.54) is 4.90 Å². The minimum Gasteiger partial charge on any atom is -0.465 e. The van der Waals surface area contributed by atoms with Gasteiger partial charge >= 0.3 is 12.0 Å². The van der Waals surface area contributed by atoms with E-state index in [4.69, 9.17) is 5.73 Å². The molecule has 2 aliphatic rings. The molecule has 3 heterocycles. The lowest BCUT2D eigenvalue weighted by molar-refractivity contribution is -0.129. The van der Waals surface area contributed by atoms with Crippen LogP contribution in [0.1, 0.15) is 51.6 Å². The van der Waals surface area contributed by atoms with Gasteiger partial charge in [0.15, 0.2) is 0 Å². The molecule has 3 N–H and O–H groups in total. The van der Waals surface area contributed by atoms with Crippen LogP contribution in [-0.2, 0) is 11.3 Å². The number of fused-ring (bicyclic) bond motifs is 1. The Kier molecular flexibility index (Phi) is 7.30. The standard InChI is InChI=1S/C26H38N6O3/c1-5-31(26(34)35)24-14-18(2)32(4,19(3)33)25-7-6-20(15-23(24)25)21-16-28-30(17-21)13-12-29-10-8-22(27)9-11-29/h6-7,15-18,22,24H,5,8-14,27H2,1-4H3/p+1/t18-,24?,32+/m0/s1. The molecule has 4 rings (SSSR count). The van der Waals surface area contributed by atoms with Crippen molar-refractivity contribution in [2.24, 2.45) is 5.73 Å². The van der Waals surface area contributed by atoms with Crippen LogP contribution in [0.15, 0.2) is 30.6 Å². The van der Waals surface area contributed by atoms with E-state index in [-0.39, 0.29) is 22.5 Å². The van der Waals surface area contributed by atoms with E-state index in [0.717, 1.165) is 61.4 Å².